The van der Waals surface area contributed by atoms with E-state index in [1.54, 1.807) is 7.11 Å². The van der Waals surface area contributed by atoms with Gasteiger partial charge in [0.15, 0.2) is 0 Å². The molecule has 0 bridgehead atoms. The van der Waals surface area contributed by atoms with Crippen molar-refractivity contribution in [1.29, 1.82) is 0 Å². The van der Waals surface area contributed by atoms with Crippen LogP contribution in [0.15, 0.2) is 18.2 Å². The molecular weight excluding hydrogens is 232 g/mol. The van der Waals surface area contributed by atoms with Gasteiger partial charge in [-0.25, -0.2) is 0 Å². The van der Waals surface area contributed by atoms with E-state index in [2.05, 4.69) is 11.6 Å². The first-order valence-electron chi connectivity index (χ1n) is 5.91. The summed E-state index contributed by atoms with van der Waals surface area (Å²) >= 11 is 1.97. The predicted octanol–water partition coefficient (Wildman–Crippen LogP) is 2.98. The number of benzene rings is 1. The topological polar surface area (TPSA) is 47.3 Å². The van der Waals surface area contributed by atoms with E-state index in [0.717, 1.165) is 23.7 Å². The van der Waals surface area contributed by atoms with Crippen molar-refractivity contribution < 1.29 is 4.74 Å². The molecule has 0 aromatic heterocycles. The van der Waals surface area contributed by atoms with Gasteiger partial charge in [-0.05, 0) is 25.2 Å². The fraction of sp³-hybridized carbons (Fsp3) is 0.538. The van der Waals surface area contributed by atoms with Gasteiger partial charge in [-0.2, -0.15) is 11.8 Å². The molecule has 0 spiro atoms. The molecule has 0 saturated heterocycles. The van der Waals surface area contributed by atoms with Crippen LogP contribution in [0.5, 0.6) is 5.75 Å². The molecule has 0 atom stereocenters. The van der Waals surface area contributed by atoms with Gasteiger partial charge >= 0.3 is 0 Å². The van der Waals surface area contributed by atoms with Crippen molar-refractivity contribution in [1.82, 2.24) is 0 Å². The third kappa shape index (κ3) is 2.80. The zero-order valence-electron chi connectivity index (χ0n) is 10.5. The van der Waals surface area contributed by atoms with Gasteiger partial charge in [-0.15, -0.1) is 0 Å². The number of hydrogen-bond donors (Lipinski definition) is 2. The van der Waals surface area contributed by atoms with Crippen LogP contribution in [-0.4, -0.2) is 24.7 Å². The summed E-state index contributed by atoms with van der Waals surface area (Å²) in [4.78, 5) is 0. The maximum Gasteiger partial charge on any atom is 0.122 e. The average molecular weight is 252 g/mol. The Morgan fingerprint density at radius 2 is 2.18 bits per heavy atom. The van der Waals surface area contributed by atoms with E-state index >= 15 is 0 Å². The maximum absolute atomic E-state index is 5.83. The van der Waals surface area contributed by atoms with Gasteiger partial charge < -0.3 is 15.8 Å². The Kier molecular flexibility index (Phi) is 3.72. The van der Waals surface area contributed by atoms with E-state index in [-0.39, 0.29) is 0 Å². The van der Waals surface area contributed by atoms with Gasteiger partial charge in [0.05, 0.1) is 7.11 Å². The van der Waals surface area contributed by atoms with Crippen molar-refractivity contribution in [3.8, 4) is 5.75 Å². The van der Waals surface area contributed by atoms with Gasteiger partial charge in [0.25, 0.3) is 0 Å². The molecule has 2 rings (SSSR count). The molecular formula is C13H20N2OS. The Bertz CT molecular complexity index is 385. The van der Waals surface area contributed by atoms with E-state index in [9.17, 15) is 0 Å². The first-order chi connectivity index (χ1) is 8.17. The highest BCUT2D eigenvalue weighted by Gasteiger charge is 2.35. The molecule has 1 aromatic rings. The van der Waals surface area contributed by atoms with Crippen molar-refractivity contribution in [3.05, 3.63) is 18.2 Å². The molecule has 3 N–H and O–H groups in total. The lowest BCUT2D eigenvalue weighted by Crippen LogP contribution is -2.40. The molecule has 0 heterocycles. The number of hydrogen-bond acceptors (Lipinski definition) is 4. The van der Waals surface area contributed by atoms with Crippen LogP contribution >= 0.6 is 11.8 Å². The normalized spacial score (nSPS) is 17.3. The zero-order valence-corrected chi connectivity index (χ0v) is 11.3. The third-order valence-electron chi connectivity index (χ3n) is 3.48. The second kappa shape index (κ2) is 5.08. The van der Waals surface area contributed by atoms with E-state index in [1.165, 1.54) is 19.3 Å². The summed E-state index contributed by atoms with van der Waals surface area (Å²) in [5.41, 5.74) is 7.61. The molecule has 1 saturated carbocycles. The Labute approximate surface area is 107 Å². The first-order valence-corrected chi connectivity index (χ1v) is 7.13. The van der Waals surface area contributed by atoms with Gasteiger partial charge in [-0.1, -0.05) is 6.42 Å². The molecule has 3 nitrogen and oxygen atoms in total. The van der Waals surface area contributed by atoms with Crippen LogP contribution in [0.1, 0.15) is 19.3 Å². The minimum absolute atomic E-state index is 0.428. The van der Waals surface area contributed by atoms with Crippen LogP contribution in [0.4, 0.5) is 11.4 Å². The van der Waals surface area contributed by atoms with E-state index in [1.807, 2.05) is 30.0 Å². The smallest absolute Gasteiger partial charge is 0.122 e. The molecule has 0 amide bonds. The first kappa shape index (κ1) is 12.4. The SMILES string of the molecule is COc1cc(N)cc(NCC2(SC)CCC2)c1. The molecule has 0 radical (unpaired) electrons. The third-order valence-corrected chi connectivity index (χ3v) is 4.90. The Hall–Kier alpha value is -1.03. The number of rotatable bonds is 5. The largest absolute Gasteiger partial charge is 0.497 e. The summed E-state index contributed by atoms with van der Waals surface area (Å²) in [7, 11) is 1.66. The highest BCUT2D eigenvalue weighted by molar-refractivity contribution is 8.00. The van der Waals surface area contributed by atoms with Crippen molar-refractivity contribution >= 4 is 23.1 Å². The molecule has 1 aromatic carbocycles. The highest BCUT2D eigenvalue weighted by atomic mass is 32.2. The molecule has 1 aliphatic carbocycles. The summed E-state index contributed by atoms with van der Waals surface area (Å²) < 4.78 is 5.64. The number of anilines is 2. The van der Waals surface area contributed by atoms with Gasteiger partial charge in [0, 0.05) is 34.8 Å². The molecule has 4 heteroatoms. The van der Waals surface area contributed by atoms with Crippen LogP contribution < -0.4 is 15.8 Å². The molecule has 94 valence electrons. The summed E-state index contributed by atoms with van der Waals surface area (Å²) in [5, 5.41) is 3.47. The van der Waals surface area contributed by atoms with Crippen LogP contribution in [0.2, 0.25) is 0 Å². The fourth-order valence-electron chi connectivity index (χ4n) is 2.13. The maximum atomic E-state index is 5.83. The van der Waals surface area contributed by atoms with Crippen LogP contribution in [0.3, 0.4) is 0 Å². The number of nitrogens with two attached hydrogens (primary N) is 1. The zero-order chi connectivity index (χ0) is 12.3. The Morgan fingerprint density at radius 3 is 2.71 bits per heavy atom. The lowest BCUT2D eigenvalue weighted by atomic mass is 9.84. The summed E-state index contributed by atoms with van der Waals surface area (Å²) in [6.45, 7) is 1.00. The van der Waals surface area contributed by atoms with Gasteiger partial charge in [0.1, 0.15) is 5.75 Å². The fourth-order valence-corrected chi connectivity index (χ4v) is 3.04. The van der Waals surface area contributed by atoms with E-state index in [4.69, 9.17) is 10.5 Å². The second-order valence-electron chi connectivity index (χ2n) is 4.59. The Balaban J connectivity index is 2.01. The molecule has 17 heavy (non-hydrogen) atoms. The minimum Gasteiger partial charge on any atom is -0.497 e. The predicted molar refractivity (Wildman–Crippen MR) is 76.0 cm³/mol. The lowest BCUT2D eigenvalue weighted by Gasteiger charge is -2.40. The quantitative estimate of drug-likeness (QED) is 0.791. The Morgan fingerprint density at radius 1 is 1.41 bits per heavy atom. The van der Waals surface area contributed by atoms with Crippen molar-refractivity contribution in [2.45, 2.75) is 24.0 Å². The summed E-state index contributed by atoms with van der Waals surface area (Å²) in [6, 6.07) is 5.77. The van der Waals surface area contributed by atoms with Crippen LogP contribution in [-0.2, 0) is 0 Å². The monoisotopic (exact) mass is 252 g/mol. The van der Waals surface area contributed by atoms with Crippen molar-refractivity contribution in [2.24, 2.45) is 0 Å². The molecule has 1 fully saturated rings. The van der Waals surface area contributed by atoms with Crippen molar-refractivity contribution in [3.63, 3.8) is 0 Å². The summed E-state index contributed by atoms with van der Waals surface area (Å²) in [5.74, 6) is 0.805. The lowest BCUT2D eigenvalue weighted by molar-refractivity contribution is 0.379. The standard InChI is InChI=1S/C13H20N2OS/c1-16-12-7-10(14)6-11(8-12)15-9-13(17-2)4-3-5-13/h6-8,15H,3-5,9,14H2,1-2H3. The van der Waals surface area contributed by atoms with Crippen LogP contribution in [0, 0.1) is 0 Å². The van der Waals surface area contributed by atoms with Gasteiger partial charge in [0.2, 0.25) is 0 Å². The van der Waals surface area contributed by atoms with Gasteiger partial charge in [-0.3, -0.25) is 0 Å². The van der Waals surface area contributed by atoms with Crippen LogP contribution in [0.25, 0.3) is 0 Å². The van der Waals surface area contributed by atoms with E-state index < -0.39 is 0 Å². The number of methoxy groups -OCH3 is 1. The molecule has 0 unspecified atom stereocenters. The number of thioether (sulfide) groups is 1. The molecule has 0 aliphatic heterocycles. The highest BCUT2D eigenvalue weighted by Crippen LogP contribution is 2.42. The average Bonchev–Trinajstić information content (AvgIpc) is 2.27. The van der Waals surface area contributed by atoms with Crippen molar-refractivity contribution in [2.75, 3.05) is 31.0 Å². The molecule has 1 aliphatic rings. The number of ether oxygens (including phenoxy) is 1. The summed E-state index contributed by atoms with van der Waals surface area (Å²) in [6.07, 6.45) is 6.16. The number of nitrogens with one attached hydrogen (secondary N) is 1. The second-order valence-corrected chi connectivity index (χ2v) is 5.86. The van der Waals surface area contributed by atoms with E-state index in [0.29, 0.717) is 4.75 Å². The minimum atomic E-state index is 0.428. The number of nitrogen functional groups attached to an aromatic ring is 1.